The third-order valence-electron chi connectivity index (χ3n) is 2.63. The SMILES string of the molecule is NC1CCN(Cc2ccc(Cl)cc2)C1=O. The summed E-state index contributed by atoms with van der Waals surface area (Å²) in [5.41, 5.74) is 6.72. The molecular formula is C11H13ClN2O. The number of nitrogens with two attached hydrogens (primary N) is 1. The fourth-order valence-corrected chi connectivity index (χ4v) is 1.86. The first-order valence-corrected chi connectivity index (χ1v) is 5.33. The number of hydrogen-bond donors (Lipinski definition) is 1. The summed E-state index contributed by atoms with van der Waals surface area (Å²) in [5.74, 6) is 0.0463. The standard InChI is InChI=1S/C11H13ClN2O/c12-9-3-1-8(2-4-9)7-14-6-5-10(13)11(14)15/h1-4,10H,5-7,13H2. The number of carbonyl (C=O) groups is 1. The van der Waals surface area contributed by atoms with E-state index < -0.39 is 0 Å². The summed E-state index contributed by atoms with van der Waals surface area (Å²) in [7, 11) is 0. The molecule has 0 aromatic heterocycles. The van der Waals surface area contributed by atoms with Crippen LogP contribution < -0.4 is 5.73 Å². The largest absolute Gasteiger partial charge is 0.337 e. The molecule has 1 aliphatic rings. The molecule has 0 saturated carbocycles. The third-order valence-corrected chi connectivity index (χ3v) is 2.88. The van der Waals surface area contributed by atoms with Crippen LogP contribution >= 0.6 is 11.6 Å². The molecule has 2 N–H and O–H groups in total. The number of rotatable bonds is 2. The van der Waals surface area contributed by atoms with Gasteiger partial charge in [0, 0.05) is 18.1 Å². The summed E-state index contributed by atoms with van der Waals surface area (Å²) in [6, 6.07) is 7.21. The number of hydrogen-bond acceptors (Lipinski definition) is 2. The summed E-state index contributed by atoms with van der Waals surface area (Å²) in [6.45, 7) is 1.38. The molecule has 1 atom stereocenters. The Labute approximate surface area is 93.8 Å². The van der Waals surface area contributed by atoms with Crippen molar-refractivity contribution >= 4 is 17.5 Å². The van der Waals surface area contributed by atoms with Crippen LogP contribution in [0.3, 0.4) is 0 Å². The van der Waals surface area contributed by atoms with Crippen molar-refractivity contribution in [2.24, 2.45) is 5.73 Å². The van der Waals surface area contributed by atoms with Gasteiger partial charge in [0.25, 0.3) is 0 Å². The molecule has 1 amide bonds. The van der Waals surface area contributed by atoms with E-state index in [4.69, 9.17) is 17.3 Å². The van der Waals surface area contributed by atoms with Gasteiger partial charge in [-0.3, -0.25) is 4.79 Å². The van der Waals surface area contributed by atoms with E-state index in [9.17, 15) is 4.79 Å². The normalized spacial score (nSPS) is 21.1. The second-order valence-electron chi connectivity index (χ2n) is 3.78. The van der Waals surface area contributed by atoms with Crippen molar-refractivity contribution in [3.8, 4) is 0 Å². The lowest BCUT2D eigenvalue weighted by Crippen LogP contribution is -2.33. The van der Waals surface area contributed by atoms with Crippen molar-refractivity contribution in [3.05, 3.63) is 34.9 Å². The lowest BCUT2D eigenvalue weighted by Gasteiger charge is -2.15. The fraction of sp³-hybridized carbons (Fsp3) is 0.364. The maximum Gasteiger partial charge on any atom is 0.239 e. The van der Waals surface area contributed by atoms with Gasteiger partial charge in [-0.25, -0.2) is 0 Å². The number of halogens is 1. The summed E-state index contributed by atoms with van der Waals surface area (Å²) < 4.78 is 0. The molecule has 0 aliphatic carbocycles. The first kappa shape index (κ1) is 10.5. The molecule has 1 aromatic carbocycles. The molecule has 1 unspecified atom stereocenters. The van der Waals surface area contributed by atoms with E-state index in [1.807, 2.05) is 24.3 Å². The Morgan fingerprint density at radius 3 is 2.60 bits per heavy atom. The smallest absolute Gasteiger partial charge is 0.239 e. The first-order valence-electron chi connectivity index (χ1n) is 4.95. The molecule has 0 bridgehead atoms. The number of amides is 1. The van der Waals surface area contributed by atoms with Gasteiger partial charge in [0.05, 0.1) is 6.04 Å². The van der Waals surface area contributed by atoms with Crippen molar-refractivity contribution in [2.75, 3.05) is 6.54 Å². The maximum atomic E-state index is 11.6. The van der Waals surface area contributed by atoms with Crippen LogP contribution in [0.25, 0.3) is 0 Å². The van der Waals surface area contributed by atoms with Gasteiger partial charge in [-0.05, 0) is 24.1 Å². The Kier molecular flexibility index (Phi) is 2.93. The highest BCUT2D eigenvalue weighted by atomic mass is 35.5. The molecule has 80 valence electrons. The highest BCUT2D eigenvalue weighted by Crippen LogP contribution is 2.15. The molecule has 1 saturated heterocycles. The van der Waals surface area contributed by atoms with E-state index >= 15 is 0 Å². The van der Waals surface area contributed by atoms with Crippen LogP contribution in [0.2, 0.25) is 5.02 Å². The molecule has 0 spiro atoms. The van der Waals surface area contributed by atoms with Crippen molar-refractivity contribution in [2.45, 2.75) is 19.0 Å². The molecule has 1 aliphatic heterocycles. The van der Waals surface area contributed by atoms with E-state index in [0.29, 0.717) is 11.6 Å². The van der Waals surface area contributed by atoms with Crippen LogP contribution in [-0.4, -0.2) is 23.4 Å². The summed E-state index contributed by atoms with van der Waals surface area (Å²) in [4.78, 5) is 13.3. The highest BCUT2D eigenvalue weighted by molar-refractivity contribution is 6.30. The van der Waals surface area contributed by atoms with Gasteiger partial charge in [-0.1, -0.05) is 23.7 Å². The van der Waals surface area contributed by atoms with Crippen molar-refractivity contribution in [1.29, 1.82) is 0 Å². The van der Waals surface area contributed by atoms with Crippen LogP contribution in [0.5, 0.6) is 0 Å². The average Bonchev–Trinajstić information content (AvgIpc) is 2.53. The second kappa shape index (κ2) is 4.21. The minimum absolute atomic E-state index is 0.0463. The predicted molar refractivity (Wildman–Crippen MR) is 59.5 cm³/mol. The maximum absolute atomic E-state index is 11.6. The highest BCUT2D eigenvalue weighted by Gasteiger charge is 2.27. The first-order chi connectivity index (χ1) is 7.16. The van der Waals surface area contributed by atoms with E-state index in [0.717, 1.165) is 18.5 Å². The molecule has 1 fully saturated rings. The number of nitrogens with zero attached hydrogens (tertiary/aromatic N) is 1. The van der Waals surface area contributed by atoms with Crippen LogP contribution in [0, 0.1) is 0 Å². The summed E-state index contributed by atoms with van der Waals surface area (Å²) in [6.07, 6.45) is 0.756. The van der Waals surface area contributed by atoms with Gasteiger partial charge >= 0.3 is 0 Å². The molecule has 2 rings (SSSR count). The third kappa shape index (κ3) is 2.30. The fourth-order valence-electron chi connectivity index (χ4n) is 1.73. The summed E-state index contributed by atoms with van der Waals surface area (Å²) >= 11 is 5.78. The Morgan fingerprint density at radius 2 is 2.07 bits per heavy atom. The molecule has 0 radical (unpaired) electrons. The lowest BCUT2D eigenvalue weighted by atomic mass is 10.2. The van der Waals surface area contributed by atoms with E-state index in [1.165, 1.54) is 0 Å². The van der Waals surface area contributed by atoms with Gasteiger partial charge in [-0.2, -0.15) is 0 Å². The Balaban J connectivity index is 2.03. The zero-order valence-corrected chi connectivity index (χ0v) is 9.07. The molecule has 15 heavy (non-hydrogen) atoms. The quantitative estimate of drug-likeness (QED) is 0.826. The Hall–Kier alpha value is -1.06. The average molecular weight is 225 g/mol. The molecule has 1 heterocycles. The zero-order valence-electron chi connectivity index (χ0n) is 8.32. The van der Waals surface area contributed by atoms with Crippen LogP contribution in [0.15, 0.2) is 24.3 Å². The van der Waals surface area contributed by atoms with Gasteiger partial charge in [-0.15, -0.1) is 0 Å². The number of carbonyl (C=O) groups excluding carboxylic acids is 1. The van der Waals surface area contributed by atoms with Gasteiger partial charge in [0.2, 0.25) is 5.91 Å². The predicted octanol–water partition coefficient (Wildman–Crippen LogP) is 1.40. The monoisotopic (exact) mass is 224 g/mol. The Morgan fingerprint density at radius 1 is 1.40 bits per heavy atom. The molecular weight excluding hydrogens is 212 g/mol. The van der Waals surface area contributed by atoms with Gasteiger partial charge in [0.15, 0.2) is 0 Å². The number of likely N-dealkylation sites (tertiary alicyclic amines) is 1. The minimum atomic E-state index is -0.308. The molecule has 3 nitrogen and oxygen atoms in total. The lowest BCUT2D eigenvalue weighted by molar-refractivity contribution is -0.129. The number of benzene rings is 1. The van der Waals surface area contributed by atoms with Crippen molar-refractivity contribution in [1.82, 2.24) is 4.90 Å². The van der Waals surface area contributed by atoms with E-state index in [1.54, 1.807) is 4.90 Å². The Bertz CT molecular complexity index is 363. The van der Waals surface area contributed by atoms with Crippen LogP contribution in [0.1, 0.15) is 12.0 Å². The van der Waals surface area contributed by atoms with E-state index in [2.05, 4.69) is 0 Å². The van der Waals surface area contributed by atoms with Crippen LogP contribution in [-0.2, 0) is 11.3 Å². The molecule has 4 heteroatoms. The van der Waals surface area contributed by atoms with Crippen LogP contribution in [0.4, 0.5) is 0 Å². The zero-order chi connectivity index (χ0) is 10.8. The topological polar surface area (TPSA) is 46.3 Å². The summed E-state index contributed by atoms with van der Waals surface area (Å²) in [5, 5.41) is 0.711. The van der Waals surface area contributed by atoms with Crippen molar-refractivity contribution in [3.63, 3.8) is 0 Å². The van der Waals surface area contributed by atoms with Crippen molar-refractivity contribution < 1.29 is 4.79 Å². The molecule has 1 aromatic rings. The minimum Gasteiger partial charge on any atom is -0.337 e. The van der Waals surface area contributed by atoms with Gasteiger partial charge < -0.3 is 10.6 Å². The second-order valence-corrected chi connectivity index (χ2v) is 4.22. The van der Waals surface area contributed by atoms with Gasteiger partial charge in [0.1, 0.15) is 0 Å². The van der Waals surface area contributed by atoms with E-state index in [-0.39, 0.29) is 11.9 Å².